The van der Waals surface area contributed by atoms with Crippen LogP contribution >= 0.6 is 0 Å². The Balaban J connectivity index is 1.79. The molecule has 47 heavy (non-hydrogen) atoms. The smallest absolute Gasteiger partial charge is 0.350 e. The van der Waals surface area contributed by atoms with Crippen molar-refractivity contribution in [1.82, 2.24) is 4.57 Å². The summed E-state index contributed by atoms with van der Waals surface area (Å²) in [5.74, 6) is -1.56. The average Bonchev–Trinajstić information content (AvgIpc) is 3.40. The largest absolute Gasteiger partial charge is 0.469 e. The highest BCUT2D eigenvalue weighted by Crippen LogP contribution is 2.42. The van der Waals surface area contributed by atoms with Crippen LogP contribution in [0.1, 0.15) is 113 Å². The Bertz CT molecular complexity index is 1580. The van der Waals surface area contributed by atoms with E-state index >= 15 is 0 Å². The van der Waals surface area contributed by atoms with Gasteiger partial charge in [-0.25, -0.2) is 14.5 Å². The third-order valence-corrected chi connectivity index (χ3v) is 9.15. The summed E-state index contributed by atoms with van der Waals surface area (Å²) in [5, 5.41) is 12.6. The van der Waals surface area contributed by atoms with Crippen molar-refractivity contribution >= 4 is 23.2 Å². The first-order chi connectivity index (χ1) is 22.5. The van der Waals surface area contributed by atoms with Crippen molar-refractivity contribution in [2.45, 2.75) is 104 Å². The van der Waals surface area contributed by atoms with Gasteiger partial charge in [0.05, 0.1) is 18.9 Å². The molecule has 2 aliphatic carbocycles. The van der Waals surface area contributed by atoms with Gasteiger partial charge in [0.2, 0.25) is 0 Å². The number of unbranched alkanes of at least 4 members (excludes halogenated alkanes) is 1. The van der Waals surface area contributed by atoms with Crippen LogP contribution in [0.15, 0.2) is 66.4 Å². The van der Waals surface area contributed by atoms with Gasteiger partial charge in [0.25, 0.3) is 0 Å². The quantitative estimate of drug-likeness (QED) is 0.158. The van der Waals surface area contributed by atoms with E-state index in [1.165, 1.54) is 19.2 Å². The van der Waals surface area contributed by atoms with E-state index in [1.807, 2.05) is 19.9 Å². The Hall–Kier alpha value is -3.88. The Labute approximate surface area is 278 Å². The number of halogens is 1. The predicted octanol–water partition coefficient (Wildman–Crippen LogP) is 7.17. The molecule has 0 aliphatic heterocycles. The number of quaternary nitrogens is 1. The van der Waals surface area contributed by atoms with Crippen molar-refractivity contribution in [3.63, 3.8) is 0 Å². The van der Waals surface area contributed by atoms with Gasteiger partial charge in [-0.3, -0.25) is 9.59 Å². The fourth-order valence-electron chi connectivity index (χ4n) is 6.58. The molecule has 3 N–H and O–H groups in total. The van der Waals surface area contributed by atoms with Gasteiger partial charge in [0.15, 0.2) is 0 Å². The second-order valence-corrected chi connectivity index (χ2v) is 13.4. The molecule has 2 atom stereocenters. The Morgan fingerprint density at radius 1 is 1.17 bits per heavy atom. The summed E-state index contributed by atoms with van der Waals surface area (Å²) in [5.41, 5.74) is 5.83. The van der Waals surface area contributed by atoms with Crippen molar-refractivity contribution < 1.29 is 33.9 Å². The number of amides is 1. The summed E-state index contributed by atoms with van der Waals surface area (Å²) in [6.45, 7) is 8.87. The monoisotopic (exact) mass is 645 g/mol. The number of ether oxygens (including phenoxy) is 1. The van der Waals surface area contributed by atoms with E-state index in [0.29, 0.717) is 12.1 Å². The van der Waals surface area contributed by atoms with Gasteiger partial charge in [0.1, 0.15) is 29.3 Å². The van der Waals surface area contributed by atoms with Crippen molar-refractivity contribution in [3.05, 3.63) is 89.1 Å². The molecule has 252 valence electrons. The predicted molar refractivity (Wildman–Crippen MR) is 183 cm³/mol. The zero-order valence-corrected chi connectivity index (χ0v) is 28.5. The molecule has 0 spiro atoms. The fourth-order valence-corrected chi connectivity index (χ4v) is 6.58. The van der Waals surface area contributed by atoms with Crippen LogP contribution in [0.25, 0.3) is 16.8 Å². The molecular weight excluding hydrogens is 595 g/mol. The number of nitrogens with two attached hydrogens (primary N) is 1. The maximum Gasteiger partial charge on any atom is 0.350 e. The van der Waals surface area contributed by atoms with Gasteiger partial charge in [-0.2, -0.15) is 0 Å². The molecule has 2 aliphatic rings. The van der Waals surface area contributed by atoms with Gasteiger partial charge in [0, 0.05) is 24.2 Å². The van der Waals surface area contributed by atoms with Crippen LogP contribution in [0.4, 0.5) is 4.39 Å². The molecule has 1 aromatic carbocycles. The van der Waals surface area contributed by atoms with Crippen molar-refractivity contribution in [2.75, 3.05) is 7.11 Å². The number of rotatable bonds is 15. The number of aromatic nitrogens is 1. The number of allylic oxidation sites excluding steroid dienone is 7. The maximum absolute atomic E-state index is 14.5. The van der Waals surface area contributed by atoms with Gasteiger partial charge >= 0.3 is 11.9 Å². The van der Waals surface area contributed by atoms with Gasteiger partial charge in [-0.05, 0) is 91.0 Å². The van der Waals surface area contributed by atoms with Crippen LogP contribution in [0.5, 0.6) is 0 Å². The Morgan fingerprint density at radius 2 is 1.91 bits per heavy atom. The van der Waals surface area contributed by atoms with Gasteiger partial charge in [-0.1, -0.05) is 64.8 Å². The molecule has 0 fully saturated rings. The summed E-state index contributed by atoms with van der Waals surface area (Å²) in [4.78, 5) is 38.5. The minimum atomic E-state index is -0.999. The normalized spacial score (nSPS) is 18.2. The molecule has 0 saturated carbocycles. The number of nitrogens with zero attached hydrogens (tertiary/aromatic N) is 1. The standard InChI is InChI=1S/C39H49FN2O5/c1-6-7-20-39(4)21-17-30(18-22-39)41-38(46)35-34(27-11-9-8-10-12-27)37(28-13-15-29(40)16-14-28)42(36(35)26(2)3)23-19-31(43)24-32(44)25-33(45)47-5/h8-9,11,13-18,21,26,31,43H,6-7,10,12,19-20,22-25H2,1-5H3,(H,41,46)/p+1. The molecule has 2 aromatic rings. The lowest BCUT2D eigenvalue weighted by atomic mass is 9.79. The first-order valence-corrected chi connectivity index (χ1v) is 16.9. The van der Waals surface area contributed by atoms with Crippen LogP contribution in [-0.2, 0) is 20.9 Å². The van der Waals surface area contributed by atoms with E-state index in [-0.39, 0.29) is 35.9 Å². The molecule has 1 aromatic heterocycles. The third-order valence-electron chi connectivity index (χ3n) is 9.15. The minimum absolute atomic E-state index is 0.0682. The SMILES string of the molecule is CCCCC1(C)C=CC([NH2+]C(=O)c2c(C3=CC=CCC3)c(-c3ccc(F)cc3)n(CCC(O)CC(=O)CC(=O)OC)c2C(C)C)=CC1. The van der Waals surface area contributed by atoms with E-state index in [9.17, 15) is 23.9 Å². The molecule has 1 heterocycles. The number of Topliss-reactive ketones (excluding diaryl/α,β-unsaturated/α-hetero) is 1. The Kier molecular flexibility index (Phi) is 12.5. The first kappa shape index (κ1) is 36.0. The highest BCUT2D eigenvalue weighted by molar-refractivity contribution is 6.00. The molecule has 0 saturated heterocycles. The molecule has 1 amide bonds. The van der Waals surface area contributed by atoms with Gasteiger partial charge < -0.3 is 14.4 Å². The topological polar surface area (TPSA) is 102 Å². The second kappa shape index (κ2) is 16.3. The lowest BCUT2D eigenvalue weighted by Crippen LogP contribution is -2.86. The molecule has 2 unspecified atom stereocenters. The fraction of sp³-hybridized carbons (Fsp3) is 0.462. The number of methoxy groups -OCH3 is 1. The van der Waals surface area contributed by atoms with E-state index in [2.05, 4.69) is 53.5 Å². The van der Waals surface area contributed by atoms with Crippen molar-refractivity contribution in [2.24, 2.45) is 5.41 Å². The number of carbonyl (C=O) groups excluding carboxylic acids is 3. The highest BCUT2D eigenvalue weighted by Gasteiger charge is 2.34. The van der Waals surface area contributed by atoms with Crippen molar-refractivity contribution in [1.29, 1.82) is 0 Å². The summed E-state index contributed by atoms with van der Waals surface area (Å²) >= 11 is 0. The zero-order valence-electron chi connectivity index (χ0n) is 28.5. The summed E-state index contributed by atoms with van der Waals surface area (Å²) in [6, 6.07) is 6.29. The minimum Gasteiger partial charge on any atom is -0.469 e. The second-order valence-electron chi connectivity index (χ2n) is 13.4. The number of carbonyl (C=O) groups is 3. The number of esters is 1. The van der Waals surface area contributed by atoms with E-state index in [4.69, 9.17) is 0 Å². The van der Waals surface area contributed by atoms with Crippen LogP contribution in [-0.4, -0.2) is 40.5 Å². The molecular formula is C39H50FN2O5+. The summed E-state index contributed by atoms with van der Waals surface area (Å²) < 4.78 is 20.9. The van der Waals surface area contributed by atoms with E-state index < -0.39 is 24.3 Å². The number of aliphatic hydroxyl groups excluding tert-OH is 1. The first-order valence-electron chi connectivity index (χ1n) is 16.9. The van der Waals surface area contributed by atoms with Gasteiger partial charge in [-0.15, -0.1) is 0 Å². The summed E-state index contributed by atoms with van der Waals surface area (Å²) in [6.07, 6.45) is 17.1. The van der Waals surface area contributed by atoms with Crippen LogP contribution < -0.4 is 5.32 Å². The molecule has 0 radical (unpaired) electrons. The molecule has 8 heteroatoms. The maximum atomic E-state index is 14.5. The van der Waals surface area contributed by atoms with Crippen LogP contribution in [0, 0.1) is 11.2 Å². The zero-order chi connectivity index (χ0) is 34.1. The lowest BCUT2D eigenvalue weighted by Gasteiger charge is -2.27. The Morgan fingerprint density at radius 3 is 2.51 bits per heavy atom. The number of primary amides is 1. The van der Waals surface area contributed by atoms with Crippen molar-refractivity contribution in [3.8, 4) is 11.3 Å². The highest BCUT2D eigenvalue weighted by atomic mass is 19.1. The van der Waals surface area contributed by atoms with Crippen LogP contribution in [0.2, 0.25) is 0 Å². The average molecular weight is 646 g/mol. The lowest BCUT2D eigenvalue weighted by molar-refractivity contribution is -0.497. The number of ketones is 1. The van der Waals surface area contributed by atoms with E-state index in [1.54, 1.807) is 17.4 Å². The van der Waals surface area contributed by atoms with Crippen LogP contribution in [0.3, 0.4) is 0 Å². The van der Waals surface area contributed by atoms with E-state index in [0.717, 1.165) is 72.3 Å². The number of benzene rings is 1. The number of aliphatic hydroxyl groups is 1. The molecule has 4 rings (SSSR count). The number of hydrogen-bond donors (Lipinski definition) is 2. The molecule has 0 bridgehead atoms. The molecule has 7 nitrogen and oxygen atoms in total. The third kappa shape index (κ3) is 9.14. The number of hydrogen-bond acceptors (Lipinski definition) is 5. The summed E-state index contributed by atoms with van der Waals surface area (Å²) in [7, 11) is 1.22.